The Kier molecular flexibility index (Phi) is 4.33. The maximum absolute atomic E-state index is 12.5. The van der Waals surface area contributed by atoms with Crippen molar-refractivity contribution >= 4 is 22.0 Å². The number of esters is 1. The summed E-state index contributed by atoms with van der Waals surface area (Å²) in [5.74, 6) is -2.75. The van der Waals surface area contributed by atoms with Gasteiger partial charge in [0.25, 0.3) is 0 Å². The monoisotopic (exact) mass is 305 g/mol. The van der Waals surface area contributed by atoms with E-state index in [0.29, 0.717) is 25.7 Å². The Morgan fingerprint density at radius 3 is 2.55 bits per heavy atom. The van der Waals surface area contributed by atoms with Gasteiger partial charge >= 0.3 is 11.9 Å². The fourth-order valence-corrected chi connectivity index (χ4v) is 5.34. The zero-order valence-corrected chi connectivity index (χ0v) is 12.1. The number of carboxylic acid groups (broad SMARTS) is 1. The van der Waals surface area contributed by atoms with E-state index in [1.165, 1.54) is 11.4 Å². The maximum atomic E-state index is 12.5. The number of hydrogen-bond donors (Lipinski definition) is 1. The van der Waals surface area contributed by atoms with Gasteiger partial charge in [-0.25, -0.2) is 12.7 Å². The van der Waals surface area contributed by atoms with E-state index >= 15 is 0 Å². The average molecular weight is 305 g/mol. The van der Waals surface area contributed by atoms with Gasteiger partial charge in [0.05, 0.1) is 24.2 Å². The number of nitrogens with zero attached hydrogens (tertiary/aromatic N) is 1. The second-order valence-corrected chi connectivity index (χ2v) is 7.48. The van der Waals surface area contributed by atoms with Gasteiger partial charge in [0.2, 0.25) is 10.0 Å². The topological polar surface area (TPSA) is 101 Å². The Bertz CT molecular complexity index is 502. The fraction of sp³-hybridized carbons (Fsp3) is 0.833. The van der Waals surface area contributed by atoms with Crippen molar-refractivity contribution in [3.8, 4) is 0 Å². The second-order valence-electron chi connectivity index (χ2n) is 5.33. The lowest BCUT2D eigenvalue weighted by molar-refractivity contribution is -0.145. The molecule has 1 saturated heterocycles. The highest BCUT2D eigenvalue weighted by Crippen LogP contribution is 2.35. The summed E-state index contributed by atoms with van der Waals surface area (Å²) in [6.45, 7) is 0.350. The molecular weight excluding hydrogens is 286 g/mol. The number of aliphatic carboxylic acids is 1. The van der Waals surface area contributed by atoms with Gasteiger partial charge in [-0.2, -0.15) is 0 Å². The fourth-order valence-electron chi connectivity index (χ4n) is 3.07. The molecule has 8 heteroatoms. The van der Waals surface area contributed by atoms with E-state index in [1.807, 2.05) is 0 Å². The van der Waals surface area contributed by atoms with Crippen LogP contribution in [0, 0.1) is 11.8 Å². The lowest BCUT2D eigenvalue weighted by Gasteiger charge is -2.23. The largest absolute Gasteiger partial charge is 0.481 e. The van der Waals surface area contributed by atoms with Crippen LogP contribution >= 0.6 is 0 Å². The summed E-state index contributed by atoms with van der Waals surface area (Å²) in [7, 11) is -2.39. The molecule has 0 aromatic rings. The van der Waals surface area contributed by atoms with Crippen molar-refractivity contribution in [3.05, 3.63) is 0 Å². The first-order chi connectivity index (χ1) is 9.37. The van der Waals surface area contributed by atoms with Crippen molar-refractivity contribution in [2.24, 2.45) is 11.8 Å². The summed E-state index contributed by atoms with van der Waals surface area (Å²) in [6.07, 6.45) is 1.80. The van der Waals surface area contributed by atoms with Crippen LogP contribution in [-0.4, -0.2) is 55.2 Å². The average Bonchev–Trinajstić information content (AvgIpc) is 3.06. The Labute approximate surface area is 117 Å². The van der Waals surface area contributed by atoms with Gasteiger partial charge in [0, 0.05) is 13.1 Å². The molecule has 0 spiro atoms. The van der Waals surface area contributed by atoms with Crippen molar-refractivity contribution in [2.45, 2.75) is 30.9 Å². The predicted molar refractivity (Wildman–Crippen MR) is 69.4 cm³/mol. The highest BCUT2D eigenvalue weighted by molar-refractivity contribution is 7.89. The Morgan fingerprint density at radius 1 is 1.25 bits per heavy atom. The normalized spacial score (nSPS) is 31.4. The van der Waals surface area contributed by atoms with Gasteiger partial charge in [0.15, 0.2) is 0 Å². The molecule has 2 aliphatic rings. The molecular formula is C12H19NO6S. The van der Waals surface area contributed by atoms with Crippen LogP contribution in [0.4, 0.5) is 0 Å². The highest BCUT2D eigenvalue weighted by atomic mass is 32.2. The van der Waals surface area contributed by atoms with Crippen LogP contribution in [0.1, 0.15) is 25.7 Å². The minimum absolute atomic E-state index is 0.0951. The van der Waals surface area contributed by atoms with Gasteiger partial charge in [-0.1, -0.05) is 6.42 Å². The number of carboxylic acids is 1. The summed E-state index contributed by atoms with van der Waals surface area (Å²) in [4.78, 5) is 22.6. The summed E-state index contributed by atoms with van der Waals surface area (Å²) in [5.41, 5.74) is 0. The van der Waals surface area contributed by atoms with E-state index in [2.05, 4.69) is 4.74 Å². The Balaban J connectivity index is 2.12. The van der Waals surface area contributed by atoms with Crippen molar-refractivity contribution in [1.29, 1.82) is 0 Å². The van der Waals surface area contributed by atoms with Gasteiger partial charge in [-0.05, 0) is 19.3 Å². The zero-order valence-electron chi connectivity index (χ0n) is 11.3. The summed E-state index contributed by atoms with van der Waals surface area (Å²) < 4.78 is 30.9. The molecule has 1 aliphatic heterocycles. The summed E-state index contributed by atoms with van der Waals surface area (Å²) in [6, 6.07) is 0. The summed E-state index contributed by atoms with van der Waals surface area (Å²) in [5, 5.41) is 8.25. The standard InChI is InChI=1S/C12H19NO6S/c1-19-12(16)8-5-6-13(7-8)20(17,18)10-4-2-3-9(10)11(14)15/h8-10H,2-7H2,1H3,(H,14,15). The molecule has 2 rings (SSSR count). The third-order valence-corrected chi connectivity index (χ3v) is 6.58. The first kappa shape index (κ1) is 15.2. The van der Waals surface area contributed by atoms with Crippen LogP contribution in [0.2, 0.25) is 0 Å². The Morgan fingerprint density at radius 2 is 1.95 bits per heavy atom. The third kappa shape index (κ3) is 2.67. The Hall–Kier alpha value is -1.15. The predicted octanol–water partition coefficient (Wildman–Crippen LogP) is 0.0644. The van der Waals surface area contributed by atoms with E-state index in [-0.39, 0.29) is 13.1 Å². The molecule has 2 fully saturated rings. The van der Waals surface area contributed by atoms with Crippen molar-refractivity contribution in [2.75, 3.05) is 20.2 Å². The van der Waals surface area contributed by atoms with Gasteiger partial charge in [0.1, 0.15) is 0 Å². The van der Waals surface area contributed by atoms with Crippen LogP contribution in [0.15, 0.2) is 0 Å². The number of hydrogen-bond acceptors (Lipinski definition) is 5. The number of carbonyl (C=O) groups excluding carboxylic acids is 1. The summed E-state index contributed by atoms with van der Waals surface area (Å²) >= 11 is 0. The molecule has 0 radical (unpaired) electrons. The number of sulfonamides is 1. The lowest BCUT2D eigenvalue weighted by Crippen LogP contribution is -2.41. The number of ether oxygens (including phenoxy) is 1. The molecule has 1 aliphatic carbocycles. The molecule has 7 nitrogen and oxygen atoms in total. The number of carbonyl (C=O) groups is 2. The molecule has 0 bridgehead atoms. The van der Waals surface area contributed by atoms with E-state index in [1.54, 1.807) is 0 Å². The smallest absolute Gasteiger partial charge is 0.310 e. The van der Waals surface area contributed by atoms with E-state index in [4.69, 9.17) is 5.11 Å². The molecule has 1 heterocycles. The highest BCUT2D eigenvalue weighted by Gasteiger charge is 2.46. The number of rotatable bonds is 4. The van der Waals surface area contributed by atoms with Crippen molar-refractivity contribution in [1.82, 2.24) is 4.31 Å². The molecule has 114 valence electrons. The van der Waals surface area contributed by atoms with Crippen LogP contribution in [0.3, 0.4) is 0 Å². The minimum atomic E-state index is -3.66. The van der Waals surface area contributed by atoms with Crippen LogP contribution < -0.4 is 0 Å². The molecule has 0 aromatic carbocycles. The number of methoxy groups -OCH3 is 1. The van der Waals surface area contributed by atoms with Gasteiger partial charge in [-0.3, -0.25) is 9.59 Å². The quantitative estimate of drug-likeness (QED) is 0.737. The SMILES string of the molecule is COC(=O)C1CCN(S(=O)(=O)C2CCCC2C(=O)O)C1. The first-order valence-electron chi connectivity index (χ1n) is 6.67. The molecule has 1 saturated carbocycles. The minimum Gasteiger partial charge on any atom is -0.481 e. The van der Waals surface area contributed by atoms with Gasteiger partial charge in [-0.15, -0.1) is 0 Å². The molecule has 20 heavy (non-hydrogen) atoms. The second kappa shape index (κ2) is 5.69. The van der Waals surface area contributed by atoms with Crippen LogP contribution in [0.25, 0.3) is 0 Å². The van der Waals surface area contributed by atoms with E-state index < -0.39 is 39.0 Å². The lowest BCUT2D eigenvalue weighted by atomic mass is 10.1. The van der Waals surface area contributed by atoms with Crippen molar-refractivity contribution < 1.29 is 27.9 Å². The van der Waals surface area contributed by atoms with Gasteiger partial charge < -0.3 is 9.84 Å². The van der Waals surface area contributed by atoms with E-state index in [9.17, 15) is 18.0 Å². The van der Waals surface area contributed by atoms with Crippen LogP contribution in [0.5, 0.6) is 0 Å². The third-order valence-electron chi connectivity index (χ3n) is 4.20. The van der Waals surface area contributed by atoms with Crippen molar-refractivity contribution in [3.63, 3.8) is 0 Å². The molecule has 1 N–H and O–H groups in total. The first-order valence-corrected chi connectivity index (χ1v) is 8.18. The zero-order chi connectivity index (χ0) is 14.9. The molecule has 3 unspecified atom stereocenters. The van der Waals surface area contributed by atoms with Crippen LogP contribution in [-0.2, 0) is 24.3 Å². The molecule has 3 atom stereocenters. The van der Waals surface area contributed by atoms with E-state index in [0.717, 1.165) is 0 Å². The molecule has 0 amide bonds. The molecule has 0 aromatic heterocycles. The maximum Gasteiger partial charge on any atom is 0.310 e.